The summed E-state index contributed by atoms with van der Waals surface area (Å²) >= 11 is 0. The van der Waals surface area contributed by atoms with Gasteiger partial charge in [-0.1, -0.05) is 24.3 Å². The topological polar surface area (TPSA) is 105 Å². The standard InChI is InChI=1S/C36H37FN6O2/c37-33-32(27-17-25(44)14-22-4-1-2-6-26(22)27)23(5-3-10-38)15-28-34(33)41-19-30-36(28)43(35-24-16-29(35)40-18-24)20-31(45)42(30)13-9-21-7-11-39-12-8-21/h1-2,4,6,14-15,17,19,21,24,29,35,39-40,44H,3,5,7-9,11-13,16,18,20H2. The second-order valence-electron chi connectivity index (χ2n) is 13.1. The van der Waals surface area contributed by atoms with Crippen LogP contribution in [0.4, 0.5) is 15.8 Å². The van der Waals surface area contributed by atoms with E-state index < -0.39 is 5.82 Å². The maximum atomic E-state index is 17.1. The summed E-state index contributed by atoms with van der Waals surface area (Å²) in [6, 6.07) is 15.6. The molecular weight excluding hydrogens is 567 g/mol. The van der Waals surface area contributed by atoms with E-state index in [0.717, 1.165) is 67.5 Å². The van der Waals surface area contributed by atoms with Crippen LogP contribution in [-0.4, -0.2) is 60.8 Å². The average molecular weight is 605 g/mol. The highest BCUT2D eigenvalue weighted by Gasteiger charge is 2.52. The van der Waals surface area contributed by atoms with Gasteiger partial charge in [-0.15, -0.1) is 0 Å². The summed E-state index contributed by atoms with van der Waals surface area (Å²) in [6.45, 7) is 3.81. The van der Waals surface area contributed by atoms with Crippen molar-refractivity contribution in [2.75, 3.05) is 42.5 Å². The molecule has 1 aromatic heterocycles. The highest BCUT2D eigenvalue weighted by Crippen LogP contribution is 2.49. The van der Waals surface area contributed by atoms with Crippen molar-refractivity contribution in [2.24, 2.45) is 11.8 Å². The van der Waals surface area contributed by atoms with Crippen LogP contribution >= 0.6 is 0 Å². The van der Waals surface area contributed by atoms with Crippen LogP contribution in [0.1, 0.15) is 37.7 Å². The molecule has 3 atom stereocenters. The smallest absolute Gasteiger partial charge is 0.246 e. The first kappa shape index (κ1) is 28.2. The van der Waals surface area contributed by atoms with Crippen molar-refractivity contribution < 1.29 is 14.3 Å². The molecule has 3 N–H and O–H groups in total. The molecule has 9 heteroatoms. The number of anilines is 2. The van der Waals surface area contributed by atoms with Gasteiger partial charge in [0.05, 0.1) is 30.2 Å². The number of aromatic hydroxyl groups is 1. The molecule has 1 amide bonds. The van der Waals surface area contributed by atoms with Gasteiger partial charge in [0.2, 0.25) is 5.91 Å². The fourth-order valence-electron chi connectivity index (χ4n) is 8.35. The first-order valence-corrected chi connectivity index (χ1v) is 16.3. The second-order valence-corrected chi connectivity index (χ2v) is 13.1. The number of rotatable bonds is 7. The Morgan fingerprint density at radius 3 is 2.76 bits per heavy atom. The molecule has 230 valence electrons. The van der Waals surface area contributed by atoms with Crippen molar-refractivity contribution in [3.8, 4) is 22.9 Å². The monoisotopic (exact) mass is 604 g/mol. The van der Waals surface area contributed by atoms with Crippen LogP contribution in [0.5, 0.6) is 5.75 Å². The Hall–Kier alpha value is -4.26. The molecule has 1 aliphatic carbocycles. The number of carbonyl (C=O) groups is 1. The second kappa shape index (κ2) is 11.3. The summed E-state index contributed by atoms with van der Waals surface area (Å²) in [5.74, 6) is 0.662. The normalized spacial score (nSPS) is 22.9. The Bertz CT molecular complexity index is 1850. The zero-order valence-electron chi connectivity index (χ0n) is 25.2. The van der Waals surface area contributed by atoms with Crippen molar-refractivity contribution in [1.29, 1.82) is 5.26 Å². The molecule has 3 unspecified atom stereocenters. The van der Waals surface area contributed by atoms with Gasteiger partial charge >= 0.3 is 0 Å². The molecule has 5 heterocycles. The number of nitrogens with zero attached hydrogens (tertiary/aromatic N) is 4. The Kier molecular flexibility index (Phi) is 7.07. The van der Waals surface area contributed by atoms with Gasteiger partial charge in [0.25, 0.3) is 0 Å². The average Bonchev–Trinajstić information content (AvgIpc) is 3.70. The molecule has 4 aromatic rings. The number of piperidine rings is 1. The molecule has 3 aromatic carbocycles. The fourth-order valence-corrected chi connectivity index (χ4v) is 8.35. The van der Waals surface area contributed by atoms with Gasteiger partial charge in [0.15, 0.2) is 5.82 Å². The van der Waals surface area contributed by atoms with Crippen molar-refractivity contribution in [3.05, 3.63) is 60.0 Å². The largest absolute Gasteiger partial charge is 0.508 e. The van der Waals surface area contributed by atoms with Gasteiger partial charge in [-0.25, -0.2) is 4.39 Å². The number of fused-ring (bicyclic) bond motifs is 5. The number of hydrogen-bond donors (Lipinski definition) is 3. The zero-order valence-corrected chi connectivity index (χ0v) is 25.2. The maximum absolute atomic E-state index is 17.1. The third kappa shape index (κ3) is 4.70. The SMILES string of the molecule is N#CCCc1cc2c3c(cnc2c(F)c1-c1cc(O)cc2ccccc12)N(CCC1CCNCC1)C(=O)CN3C1C2CNC1C2. The van der Waals surface area contributed by atoms with Crippen molar-refractivity contribution in [3.63, 3.8) is 0 Å². The number of benzene rings is 3. The first-order chi connectivity index (χ1) is 22.0. The van der Waals surface area contributed by atoms with Crippen LogP contribution in [0.25, 0.3) is 32.8 Å². The fraction of sp³-hybridized carbons (Fsp3) is 0.417. The number of carbonyl (C=O) groups excluding carboxylic acids is 1. The van der Waals surface area contributed by atoms with Gasteiger partial charge in [-0.05, 0) is 97.1 Å². The number of nitrogens with one attached hydrogen (secondary N) is 2. The number of pyridine rings is 1. The third-order valence-electron chi connectivity index (χ3n) is 10.6. The molecular formula is C36H37FN6O2. The lowest BCUT2D eigenvalue weighted by Gasteiger charge is -2.48. The van der Waals surface area contributed by atoms with Crippen LogP contribution < -0.4 is 20.4 Å². The number of phenols is 1. The number of hydrogen-bond acceptors (Lipinski definition) is 7. The van der Waals surface area contributed by atoms with E-state index in [1.165, 1.54) is 0 Å². The van der Waals surface area contributed by atoms with E-state index >= 15 is 4.39 Å². The molecule has 1 saturated carbocycles. The van der Waals surface area contributed by atoms with Gasteiger partial charge in [0.1, 0.15) is 11.3 Å². The Balaban J connectivity index is 1.32. The minimum absolute atomic E-state index is 0.0508. The van der Waals surface area contributed by atoms with Crippen molar-refractivity contribution >= 4 is 39.0 Å². The first-order valence-electron chi connectivity index (χ1n) is 16.3. The lowest BCUT2D eigenvalue weighted by molar-refractivity contribution is -0.117. The molecule has 2 bridgehead atoms. The number of aryl methyl sites for hydroxylation is 1. The van der Waals surface area contributed by atoms with Gasteiger partial charge < -0.3 is 25.5 Å². The van der Waals surface area contributed by atoms with Crippen LogP contribution in [0, 0.1) is 29.0 Å². The molecule has 45 heavy (non-hydrogen) atoms. The van der Waals surface area contributed by atoms with Crippen molar-refractivity contribution in [1.82, 2.24) is 15.6 Å². The predicted octanol–water partition coefficient (Wildman–Crippen LogP) is 5.26. The predicted molar refractivity (Wildman–Crippen MR) is 174 cm³/mol. The molecule has 8 nitrogen and oxygen atoms in total. The summed E-state index contributed by atoms with van der Waals surface area (Å²) < 4.78 is 17.1. The number of aromatic nitrogens is 1. The Labute approximate surface area is 261 Å². The van der Waals surface area contributed by atoms with Gasteiger partial charge in [-0.3, -0.25) is 9.78 Å². The number of amides is 1. The molecule has 0 spiro atoms. The molecule has 4 aliphatic heterocycles. The van der Waals surface area contributed by atoms with Crippen LogP contribution in [0.2, 0.25) is 0 Å². The minimum atomic E-state index is -0.466. The summed E-state index contributed by atoms with van der Waals surface area (Å²) in [7, 11) is 0. The van der Waals surface area contributed by atoms with E-state index in [9.17, 15) is 15.2 Å². The zero-order chi connectivity index (χ0) is 30.7. The summed E-state index contributed by atoms with van der Waals surface area (Å²) in [5, 5.41) is 29.5. The molecule has 3 saturated heterocycles. The molecule has 4 fully saturated rings. The van der Waals surface area contributed by atoms with E-state index in [1.54, 1.807) is 18.3 Å². The summed E-state index contributed by atoms with van der Waals surface area (Å²) in [5.41, 5.74) is 3.51. The Morgan fingerprint density at radius 1 is 1.13 bits per heavy atom. The van der Waals surface area contributed by atoms with Gasteiger partial charge in [-0.2, -0.15) is 5.26 Å². The number of phenolic OH excluding ortho intramolecular Hbond substituents is 1. The molecule has 0 radical (unpaired) electrons. The van der Waals surface area contributed by atoms with E-state index in [0.29, 0.717) is 52.9 Å². The molecule has 9 rings (SSSR count). The van der Waals surface area contributed by atoms with E-state index in [1.807, 2.05) is 35.2 Å². The highest BCUT2D eigenvalue weighted by atomic mass is 19.1. The minimum Gasteiger partial charge on any atom is -0.508 e. The van der Waals surface area contributed by atoms with E-state index in [2.05, 4.69) is 21.6 Å². The quantitative estimate of drug-likeness (QED) is 0.264. The number of nitriles is 1. The third-order valence-corrected chi connectivity index (χ3v) is 10.6. The maximum Gasteiger partial charge on any atom is 0.246 e. The Morgan fingerprint density at radius 2 is 1.98 bits per heavy atom. The van der Waals surface area contributed by atoms with Crippen molar-refractivity contribution in [2.45, 2.75) is 50.6 Å². The summed E-state index contributed by atoms with van der Waals surface area (Å²) in [6.07, 6.45) is 6.48. The lowest BCUT2D eigenvalue weighted by atomic mass is 9.78. The van der Waals surface area contributed by atoms with Crippen LogP contribution in [0.3, 0.4) is 0 Å². The molecule has 5 aliphatic rings. The lowest BCUT2D eigenvalue weighted by Crippen LogP contribution is -2.59. The number of halogens is 1. The van der Waals surface area contributed by atoms with E-state index in [4.69, 9.17) is 4.98 Å². The van der Waals surface area contributed by atoms with Crippen LogP contribution in [0.15, 0.2) is 48.7 Å². The summed E-state index contributed by atoms with van der Waals surface area (Å²) in [4.78, 5) is 22.6. The highest BCUT2D eigenvalue weighted by molar-refractivity contribution is 6.11. The van der Waals surface area contributed by atoms with E-state index in [-0.39, 0.29) is 36.2 Å². The van der Waals surface area contributed by atoms with Crippen LogP contribution in [-0.2, 0) is 11.2 Å². The van der Waals surface area contributed by atoms with Gasteiger partial charge in [0, 0.05) is 42.5 Å².